The number of hydrogen-bond acceptors (Lipinski definition) is 6. The fourth-order valence-electron chi connectivity index (χ4n) is 3.32. The van der Waals surface area contributed by atoms with Gasteiger partial charge in [0.05, 0.1) is 12.6 Å². The maximum absolute atomic E-state index is 12.9. The molecule has 6 N–H and O–H groups in total. The van der Waals surface area contributed by atoms with Crippen LogP contribution in [0.25, 0.3) is 0 Å². The summed E-state index contributed by atoms with van der Waals surface area (Å²) >= 11 is 0. The lowest BCUT2D eigenvalue weighted by Crippen LogP contribution is -2.57. The third-order valence-corrected chi connectivity index (χ3v) is 4.85. The van der Waals surface area contributed by atoms with E-state index >= 15 is 0 Å². The number of carbonyl (C=O) groups is 4. The minimum Gasteiger partial charge on any atom is -0.480 e. The van der Waals surface area contributed by atoms with Gasteiger partial charge in [-0.1, -0.05) is 27.7 Å². The number of carboxylic acid groups (broad SMARTS) is 1. The molecule has 0 bridgehead atoms. The number of carboxylic acids is 1. The van der Waals surface area contributed by atoms with Crippen molar-refractivity contribution in [3.63, 3.8) is 0 Å². The highest BCUT2D eigenvalue weighted by molar-refractivity contribution is 5.94. The number of rotatable bonds is 12. The molecule has 0 aromatic heterocycles. The van der Waals surface area contributed by atoms with E-state index in [1.807, 2.05) is 27.7 Å². The quantitative estimate of drug-likeness (QED) is 0.241. The Morgan fingerprint density at radius 2 is 1.40 bits per heavy atom. The largest absolute Gasteiger partial charge is 0.480 e. The molecule has 0 spiro atoms. The first-order chi connectivity index (χ1) is 14.0. The molecule has 30 heavy (non-hydrogen) atoms. The fourth-order valence-corrected chi connectivity index (χ4v) is 3.32. The highest BCUT2D eigenvalue weighted by Crippen LogP contribution is 2.11. The smallest absolute Gasteiger partial charge is 0.328 e. The van der Waals surface area contributed by atoms with Gasteiger partial charge in [0, 0.05) is 0 Å². The second-order valence-corrected chi connectivity index (χ2v) is 8.61. The summed E-state index contributed by atoms with van der Waals surface area (Å²) in [7, 11) is 0. The average molecular weight is 429 g/mol. The Hall–Kier alpha value is -2.20. The van der Waals surface area contributed by atoms with Gasteiger partial charge in [-0.3, -0.25) is 14.4 Å². The van der Waals surface area contributed by atoms with E-state index in [1.54, 1.807) is 0 Å². The van der Waals surface area contributed by atoms with E-state index in [1.165, 1.54) is 0 Å². The topological polar surface area (TPSA) is 157 Å². The van der Waals surface area contributed by atoms with Gasteiger partial charge in [-0.15, -0.1) is 0 Å². The number of amides is 3. The Labute approximate surface area is 177 Å². The van der Waals surface area contributed by atoms with Crippen molar-refractivity contribution >= 4 is 23.7 Å². The molecule has 0 aromatic rings. The van der Waals surface area contributed by atoms with Crippen LogP contribution in [0.1, 0.15) is 53.4 Å². The van der Waals surface area contributed by atoms with E-state index in [4.69, 9.17) is 10.2 Å². The summed E-state index contributed by atoms with van der Waals surface area (Å²) < 4.78 is 0. The molecule has 172 valence electrons. The molecular formula is C20H36N4O6. The van der Waals surface area contributed by atoms with Gasteiger partial charge in [0.15, 0.2) is 0 Å². The first-order valence-electron chi connectivity index (χ1n) is 10.5. The van der Waals surface area contributed by atoms with Crippen molar-refractivity contribution in [2.75, 3.05) is 13.2 Å². The normalized spacial score (nSPS) is 19.2. The second kappa shape index (κ2) is 12.5. The number of aliphatic hydroxyl groups is 1. The van der Waals surface area contributed by atoms with E-state index in [0.29, 0.717) is 12.8 Å². The molecule has 1 saturated heterocycles. The standard InChI is InChI=1S/C20H36N4O6/c1-11(2)8-14(22-17(26)13-6-5-7-21-13)18(27)23-15(9-12(3)4)19(28)24-16(10-25)20(29)30/h11-16,21,25H,5-10H2,1-4H3,(H,22,26)(H,23,27)(H,24,28)(H,29,30). The minimum absolute atomic E-state index is 0.0410. The summed E-state index contributed by atoms with van der Waals surface area (Å²) in [6.07, 6.45) is 2.28. The Morgan fingerprint density at radius 1 is 0.900 bits per heavy atom. The lowest BCUT2D eigenvalue weighted by molar-refractivity contribution is -0.143. The van der Waals surface area contributed by atoms with Gasteiger partial charge in [0.1, 0.15) is 18.1 Å². The van der Waals surface area contributed by atoms with Crippen LogP contribution in [0, 0.1) is 11.8 Å². The Bertz CT molecular complexity index is 604. The second-order valence-electron chi connectivity index (χ2n) is 8.61. The third-order valence-electron chi connectivity index (χ3n) is 4.85. The van der Waals surface area contributed by atoms with Gasteiger partial charge >= 0.3 is 5.97 Å². The molecule has 0 radical (unpaired) electrons. The molecule has 4 unspecified atom stereocenters. The molecule has 4 atom stereocenters. The molecule has 0 aromatic carbocycles. The summed E-state index contributed by atoms with van der Waals surface area (Å²) in [6, 6.07) is -3.58. The lowest BCUT2D eigenvalue weighted by Gasteiger charge is -2.26. The average Bonchev–Trinajstić information content (AvgIpc) is 3.18. The van der Waals surface area contributed by atoms with Crippen molar-refractivity contribution in [1.82, 2.24) is 21.3 Å². The van der Waals surface area contributed by atoms with E-state index in [0.717, 1.165) is 13.0 Å². The summed E-state index contributed by atoms with van der Waals surface area (Å²) in [4.78, 5) is 49.1. The van der Waals surface area contributed by atoms with Gasteiger partial charge < -0.3 is 31.5 Å². The monoisotopic (exact) mass is 428 g/mol. The fraction of sp³-hybridized carbons (Fsp3) is 0.800. The zero-order chi connectivity index (χ0) is 22.8. The molecule has 0 aliphatic carbocycles. The number of aliphatic carboxylic acids is 1. The Morgan fingerprint density at radius 3 is 1.80 bits per heavy atom. The molecule has 1 aliphatic heterocycles. The van der Waals surface area contributed by atoms with Crippen LogP contribution < -0.4 is 21.3 Å². The number of nitrogens with one attached hydrogen (secondary N) is 4. The maximum Gasteiger partial charge on any atom is 0.328 e. The van der Waals surface area contributed by atoms with Crippen LogP contribution in [0.4, 0.5) is 0 Å². The minimum atomic E-state index is -1.45. The zero-order valence-corrected chi connectivity index (χ0v) is 18.2. The van der Waals surface area contributed by atoms with E-state index in [-0.39, 0.29) is 30.2 Å². The first-order valence-corrected chi connectivity index (χ1v) is 10.5. The van der Waals surface area contributed by atoms with Crippen LogP contribution in [0.15, 0.2) is 0 Å². The number of hydrogen-bond donors (Lipinski definition) is 6. The van der Waals surface area contributed by atoms with Crippen molar-refractivity contribution in [2.24, 2.45) is 11.8 Å². The van der Waals surface area contributed by atoms with E-state index in [2.05, 4.69) is 21.3 Å². The molecule has 1 heterocycles. The lowest BCUT2D eigenvalue weighted by atomic mass is 9.99. The first kappa shape index (κ1) is 25.8. The van der Waals surface area contributed by atoms with Gasteiger partial charge in [0.2, 0.25) is 17.7 Å². The molecule has 1 fully saturated rings. The van der Waals surface area contributed by atoms with E-state index in [9.17, 15) is 19.2 Å². The van der Waals surface area contributed by atoms with Gasteiger partial charge in [0.25, 0.3) is 0 Å². The molecular weight excluding hydrogens is 392 g/mol. The summed E-state index contributed by atoms with van der Waals surface area (Å²) in [5, 5.41) is 29.0. The summed E-state index contributed by atoms with van der Waals surface area (Å²) in [5.41, 5.74) is 0. The Kier molecular flexibility index (Phi) is 10.8. The zero-order valence-electron chi connectivity index (χ0n) is 18.2. The number of carbonyl (C=O) groups excluding carboxylic acids is 3. The van der Waals surface area contributed by atoms with Gasteiger partial charge in [-0.05, 0) is 44.1 Å². The molecule has 1 aliphatic rings. The van der Waals surface area contributed by atoms with Crippen LogP contribution in [0.5, 0.6) is 0 Å². The molecule has 10 nitrogen and oxygen atoms in total. The molecule has 10 heteroatoms. The van der Waals surface area contributed by atoms with Gasteiger partial charge in [-0.2, -0.15) is 0 Å². The van der Waals surface area contributed by atoms with Crippen LogP contribution in [-0.2, 0) is 19.2 Å². The molecule has 1 rings (SSSR count). The van der Waals surface area contributed by atoms with Crippen molar-refractivity contribution < 1.29 is 29.4 Å². The van der Waals surface area contributed by atoms with Crippen molar-refractivity contribution in [1.29, 1.82) is 0 Å². The maximum atomic E-state index is 12.9. The predicted octanol–water partition coefficient (Wildman–Crippen LogP) is -0.638. The SMILES string of the molecule is CC(C)CC(NC(=O)C(CC(C)C)NC(=O)C1CCCN1)C(=O)NC(CO)C(=O)O. The molecule has 3 amide bonds. The van der Waals surface area contributed by atoms with Crippen molar-refractivity contribution in [3.05, 3.63) is 0 Å². The highest BCUT2D eigenvalue weighted by Gasteiger charge is 2.31. The summed E-state index contributed by atoms with van der Waals surface area (Å²) in [6.45, 7) is 7.59. The van der Waals surface area contributed by atoms with Crippen LogP contribution in [0.2, 0.25) is 0 Å². The van der Waals surface area contributed by atoms with Crippen LogP contribution in [0.3, 0.4) is 0 Å². The number of aliphatic hydroxyl groups excluding tert-OH is 1. The van der Waals surface area contributed by atoms with Crippen LogP contribution in [-0.4, -0.2) is 71.2 Å². The summed E-state index contributed by atoms with van der Waals surface area (Å²) in [5.74, 6) is -2.63. The van der Waals surface area contributed by atoms with Crippen molar-refractivity contribution in [3.8, 4) is 0 Å². The van der Waals surface area contributed by atoms with E-state index < -0.39 is 42.5 Å². The molecule has 0 saturated carbocycles. The Balaban J connectivity index is 2.88. The third kappa shape index (κ3) is 8.66. The highest BCUT2D eigenvalue weighted by atomic mass is 16.4. The van der Waals surface area contributed by atoms with Gasteiger partial charge in [-0.25, -0.2) is 4.79 Å². The van der Waals surface area contributed by atoms with Crippen molar-refractivity contribution in [2.45, 2.75) is 77.5 Å². The van der Waals surface area contributed by atoms with Crippen LogP contribution >= 0.6 is 0 Å². The predicted molar refractivity (Wildman–Crippen MR) is 110 cm³/mol.